The molecule has 1 aliphatic heterocycles. The predicted molar refractivity (Wildman–Crippen MR) is 117 cm³/mol. The molecule has 29 heavy (non-hydrogen) atoms. The Hall–Kier alpha value is -2.07. The number of nitrogens with zero attached hydrogens (tertiary/aromatic N) is 1. The standard InChI is InChI=1S/C25H34N2O2/c1-17(2)11-12-27(15-18-3-4-18)16-19-5-9-23-20(13-19)6-7-21-14-22(25(26)28)8-10-24(21)29-23/h5,8-10,13-14,17-18,21,24H,3-4,6-7,11-12,15-16H2,1-2H3,(H2,26,28). The van der Waals surface area contributed by atoms with Crippen LogP contribution >= 0.6 is 0 Å². The quantitative estimate of drug-likeness (QED) is 0.718. The van der Waals surface area contributed by atoms with Crippen LogP contribution in [0.5, 0.6) is 5.75 Å². The van der Waals surface area contributed by atoms with Crippen molar-refractivity contribution in [2.24, 2.45) is 23.5 Å². The minimum atomic E-state index is -0.360. The van der Waals surface area contributed by atoms with Gasteiger partial charge in [0.15, 0.2) is 0 Å². The number of fused-ring (bicyclic) bond motifs is 2. The zero-order valence-corrected chi connectivity index (χ0v) is 17.8. The Bertz CT molecular complexity index is 807. The summed E-state index contributed by atoms with van der Waals surface area (Å²) in [7, 11) is 0. The smallest absolute Gasteiger partial charge is 0.248 e. The number of nitrogens with two attached hydrogens (primary N) is 1. The molecule has 0 bridgehead atoms. The average Bonchev–Trinajstić information content (AvgIpc) is 3.51. The number of amides is 1. The Morgan fingerprint density at radius 1 is 1.28 bits per heavy atom. The fourth-order valence-corrected chi connectivity index (χ4v) is 4.37. The van der Waals surface area contributed by atoms with Gasteiger partial charge in [-0.3, -0.25) is 9.69 Å². The zero-order chi connectivity index (χ0) is 20.4. The number of ether oxygens (including phenoxy) is 1. The monoisotopic (exact) mass is 394 g/mol. The van der Waals surface area contributed by atoms with Gasteiger partial charge < -0.3 is 10.5 Å². The van der Waals surface area contributed by atoms with E-state index >= 15 is 0 Å². The van der Waals surface area contributed by atoms with Gasteiger partial charge in [-0.2, -0.15) is 0 Å². The van der Waals surface area contributed by atoms with E-state index in [9.17, 15) is 4.79 Å². The van der Waals surface area contributed by atoms with Gasteiger partial charge in [0.05, 0.1) is 0 Å². The molecule has 1 fully saturated rings. The number of carbonyl (C=O) groups is 1. The number of primary amides is 1. The average molecular weight is 395 g/mol. The van der Waals surface area contributed by atoms with Crippen LogP contribution in [-0.4, -0.2) is 30.0 Å². The van der Waals surface area contributed by atoms with Gasteiger partial charge in [-0.1, -0.05) is 38.1 Å². The summed E-state index contributed by atoms with van der Waals surface area (Å²) < 4.78 is 6.31. The lowest BCUT2D eigenvalue weighted by Crippen LogP contribution is -2.27. The Morgan fingerprint density at radius 3 is 2.83 bits per heavy atom. The number of hydrogen-bond donors (Lipinski definition) is 1. The molecule has 0 saturated heterocycles. The maximum atomic E-state index is 11.5. The lowest BCUT2D eigenvalue weighted by atomic mass is 9.89. The third-order valence-electron chi connectivity index (χ3n) is 6.34. The first-order valence-corrected chi connectivity index (χ1v) is 11.2. The van der Waals surface area contributed by atoms with E-state index in [-0.39, 0.29) is 17.9 Å². The van der Waals surface area contributed by atoms with E-state index in [0.29, 0.717) is 5.57 Å². The SMILES string of the molecule is CC(C)CCN(Cc1ccc2c(c1)CCC1C=C(C(N)=O)C=CC1O2)CC1CC1. The molecule has 4 heteroatoms. The molecule has 4 nitrogen and oxygen atoms in total. The topological polar surface area (TPSA) is 55.6 Å². The highest BCUT2D eigenvalue weighted by molar-refractivity contribution is 5.95. The highest BCUT2D eigenvalue weighted by Gasteiger charge is 2.28. The fraction of sp³-hybridized carbons (Fsp3) is 0.560. The van der Waals surface area contributed by atoms with E-state index in [2.05, 4.69) is 36.9 Å². The molecule has 156 valence electrons. The van der Waals surface area contributed by atoms with Crippen LogP contribution in [0.25, 0.3) is 0 Å². The van der Waals surface area contributed by atoms with E-state index in [4.69, 9.17) is 10.5 Å². The van der Waals surface area contributed by atoms with Crippen molar-refractivity contribution in [3.63, 3.8) is 0 Å². The van der Waals surface area contributed by atoms with Crippen molar-refractivity contribution in [3.05, 3.63) is 53.1 Å². The van der Waals surface area contributed by atoms with E-state index in [1.165, 1.54) is 43.5 Å². The van der Waals surface area contributed by atoms with E-state index in [1.54, 1.807) is 6.08 Å². The third kappa shape index (κ3) is 5.30. The van der Waals surface area contributed by atoms with Crippen LogP contribution in [0.2, 0.25) is 0 Å². The minimum Gasteiger partial charge on any atom is -0.485 e. The number of aryl methyl sites for hydroxylation is 1. The molecule has 4 rings (SSSR count). The second-order valence-corrected chi connectivity index (χ2v) is 9.43. The summed E-state index contributed by atoms with van der Waals surface area (Å²) in [4.78, 5) is 14.2. The summed E-state index contributed by atoms with van der Waals surface area (Å²) in [6, 6.07) is 6.71. The van der Waals surface area contributed by atoms with E-state index in [1.807, 2.05) is 12.2 Å². The molecular weight excluding hydrogens is 360 g/mol. The Labute approximate surface area is 174 Å². The van der Waals surface area contributed by atoms with Gasteiger partial charge in [0, 0.05) is 24.6 Å². The summed E-state index contributed by atoms with van der Waals surface area (Å²) in [5, 5.41) is 0. The molecule has 0 spiro atoms. The molecule has 0 aromatic heterocycles. The molecule has 2 atom stereocenters. The molecule has 0 radical (unpaired) electrons. The summed E-state index contributed by atoms with van der Waals surface area (Å²) in [6.45, 7) is 8.05. The Balaban J connectivity index is 1.45. The lowest BCUT2D eigenvalue weighted by Gasteiger charge is -2.25. The predicted octanol–water partition coefficient (Wildman–Crippen LogP) is 4.24. The first kappa shape index (κ1) is 20.2. The van der Waals surface area contributed by atoms with E-state index in [0.717, 1.165) is 37.0 Å². The minimum absolute atomic E-state index is 0.0115. The Kier molecular flexibility index (Phi) is 6.09. The van der Waals surface area contributed by atoms with Crippen LogP contribution in [0, 0.1) is 17.8 Å². The first-order valence-electron chi connectivity index (χ1n) is 11.2. The van der Waals surface area contributed by atoms with Crippen LogP contribution in [0.1, 0.15) is 50.7 Å². The summed E-state index contributed by atoms with van der Waals surface area (Å²) in [5.74, 6) is 2.48. The van der Waals surface area contributed by atoms with Crippen LogP contribution in [0.4, 0.5) is 0 Å². The Morgan fingerprint density at radius 2 is 2.10 bits per heavy atom. The molecule has 1 aromatic carbocycles. The normalized spacial score (nSPS) is 23.2. The van der Waals surface area contributed by atoms with Gasteiger partial charge in [0.2, 0.25) is 5.91 Å². The van der Waals surface area contributed by atoms with Crippen LogP contribution in [-0.2, 0) is 17.8 Å². The first-order chi connectivity index (χ1) is 14.0. The maximum absolute atomic E-state index is 11.5. The number of hydrogen-bond acceptors (Lipinski definition) is 3. The van der Waals surface area contributed by atoms with E-state index < -0.39 is 0 Å². The largest absolute Gasteiger partial charge is 0.485 e. The molecule has 2 unspecified atom stereocenters. The van der Waals surface area contributed by atoms with Crippen LogP contribution in [0.3, 0.4) is 0 Å². The highest BCUT2D eigenvalue weighted by atomic mass is 16.5. The molecule has 1 heterocycles. The lowest BCUT2D eigenvalue weighted by molar-refractivity contribution is -0.114. The number of rotatable bonds is 8. The van der Waals surface area contributed by atoms with Gasteiger partial charge in [-0.25, -0.2) is 0 Å². The molecule has 1 amide bonds. The molecule has 2 aliphatic carbocycles. The van der Waals surface area contributed by atoms with Crippen molar-refractivity contribution in [1.29, 1.82) is 0 Å². The second-order valence-electron chi connectivity index (χ2n) is 9.43. The highest BCUT2D eigenvalue weighted by Crippen LogP contribution is 2.35. The summed E-state index contributed by atoms with van der Waals surface area (Å²) in [5.41, 5.74) is 8.72. The van der Waals surface area contributed by atoms with Crippen molar-refractivity contribution in [3.8, 4) is 5.75 Å². The van der Waals surface area contributed by atoms with Crippen molar-refractivity contribution in [2.45, 2.75) is 58.6 Å². The second kappa shape index (κ2) is 8.74. The summed E-state index contributed by atoms with van der Waals surface area (Å²) >= 11 is 0. The molecule has 1 aromatic rings. The molecule has 3 aliphatic rings. The van der Waals surface area contributed by atoms with Gasteiger partial charge in [-0.15, -0.1) is 0 Å². The van der Waals surface area contributed by atoms with Gasteiger partial charge in [0.25, 0.3) is 0 Å². The third-order valence-corrected chi connectivity index (χ3v) is 6.34. The van der Waals surface area contributed by atoms with Crippen LogP contribution in [0.15, 0.2) is 42.0 Å². The fourth-order valence-electron chi connectivity index (χ4n) is 4.37. The van der Waals surface area contributed by atoms with Crippen molar-refractivity contribution < 1.29 is 9.53 Å². The molecule has 1 saturated carbocycles. The number of carbonyl (C=O) groups excluding carboxylic acids is 1. The van der Waals surface area contributed by atoms with Gasteiger partial charge >= 0.3 is 0 Å². The zero-order valence-electron chi connectivity index (χ0n) is 17.8. The number of benzene rings is 1. The van der Waals surface area contributed by atoms with Gasteiger partial charge in [-0.05, 0) is 73.8 Å². The molecule has 2 N–H and O–H groups in total. The maximum Gasteiger partial charge on any atom is 0.248 e. The summed E-state index contributed by atoms with van der Waals surface area (Å²) in [6.07, 6.45) is 11.7. The van der Waals surface area contributed by atoms with Crippen molar-refractivity contribution in [2.75, 3.05) is 13.1 Å². The van der Waals surface area contributed by atoms with Crippen LogP contribution < -0.4 is 10.5 Å². The molecular formula is C25H34N2O2. The van der Waals surface area contributed by atoms with Crippen molar-refractivity contribution in [1.82, 2.24) is 4.90 Å². The van der Waals surface area contributed by atoms with Gasteiger partial charge in [0.1, 0.15) is 11.9 Å². The van der Waals surface area contributed by atoms with Crippen molar-refractivity contribution >= 4 is 5.91 Å².